The third-order valence-electron chi connectivity index (χ3n) is 4.87. The molecule has 0 spiro atoms. The number of amides is 3. The summed E-state index contributed by atoms with van der Waals surface area (Å²) in [6, 6.07) is 21.2. The van der Waals surface area contributed by atoms with E-state index in [1.54, 1.807) is 6.08 Å². The number of nitrogens with zero attached hydrogens (tertiary/aromatic N) is 3. The first kappa shape index (κ1) is 22.2. The number of nitrogens with one attached hydrogen (secondary N) is 1. The first-order valence-electron chi connectivity index (χ1n) is 10.2. The highest BCUT2D eigenvalue weighted by molar-refractivity contribution is 8.18. The van der Waals surface area contributed by atoms with Crippen LogP contribution in [0.5, 0.6) is 0 Å². The number of carbonyl (C=O) groups excluding carboxylic acids is 3. The van der Waals surface area contributed by atoms with Gasteiger partial charge in [0.15, 0.2) is 0 Å². The molecule has 1 saturated heterocycles. The lowest BCUT2D eigenvalue weighted by molar-refractivity contribution is -0.122. The Morgan fingerprint density at radius 3 is 2.36 bits per heavy atom. The normalized spacial score (nSPS) is 14.7. The Bertz CT molecular complexity index is 1270. The molecule has 1 N–H and O–H groups in total. The summed E-state index contributed by atoms with van der Waals surface area (Å²) < 4.78 is 1.22. The SMILES string of the molecule is O=C(NCCN1C(=O)SC(=Cc2ccccc2)C1=O)c1ccc(=O)n(Cc2ccccc2)n1. The van der Waals surface area contributed by atoms with E-state index in [1.165, 1.54) is 16.8 Å². The predicted octanol–water partition coefficient (Wildman–Crippen LogP) is 2.76. The van der Waals surface area contributed by atoms with Crippen LogP contribution in [0.25, 0.3) is 6.08 Å². The van der Waals surface area contributed by atoms with Gasteiger partial charge in [0.25, 0.3) is 22.6 Å². The van der Waals surface area contributed by atoms with E-state index in [2.05, 4.69) is 10.4 Å². The molecule has 0 saturated carbocycles. The highest BCUT2D eigenvalue weighted by Gasteiger charge is 2.34. The monoisotopic (exact) mass is 460 g/mol. The van der Waals surface area contributed by atoms with Crippen molar-refractivity contribution in [2.24, 2.45) is 0 Å². The van der Waals surface area contributed by atoms with Crippen molar-refractivity contribution in [2.75, 3.05) is 13.1 Å². The lowest BCUT2D eigenvalue weighted by Gasteiger charge is -2.13. The van der Waals surface area contributed by atoms with Crippen LogP contribution in [-0.2, 0) is 11.3 Å². The van der Waals surface area contributed by atoms with Gasteiger partial charge < -0.3 is 5.32 Å². The maximum Gasteiger partial charge on any atom is 0.293 e. The number of thioether (sulfide) groups is 1. The quantitative estimate of drug-likeness (QED) is 0.544. The molecule has 1 aliphatic heterocycles. The maximum absolute atomic E-state index is 12.6. The molecule has 2 aromatic carbocycles. The number of hydrogen-bond acceptors (Lipinski definition) is 6. The Balaban J connectivity index is 1.36. The second-order valence-electron chi connectivity index (χ2n) is 7.20. The van der Waals surface area contributed by atoms with Crippen molar-refractivity contribution < 1.29 is 14.4 Å². The zero-order valence-corrected chi connectivity index (χ0v) is 18.3. The summed E-state index contributed by atoms with van der Waals surface area (Å²) in [5.41, 5.74) is 1.46. The van der Waals surface area contributed by atoms with E-state index in [0.29, 0.717) is 4.91 Å². The smallest absolute Gasteiger partial charge is 0.293 e. The number of carbonyl (C=O) groups is 3. The fourth-order valence-electron chi connectivity index (χ4n) is 3.20. The minimum absolute atomic E-state index is 0.0339. The average Bonchev–Trinajstić information content (AvgIpc) is 3.09. The van der Waals surface area contributed by atoms with Crippen molar-refractivity contribution in [1.29, 1.82) is 0 Å². The second-order valence-corrected chi connectivity index (χ2v) is 8.19. The van der Waals surface area contributed by atoms with Crippen LogP contribution in [0.2, 0.25) is 0 Å². The molecular formula is C24H20N4O4S. The summed E-state index contributed by atoms with van der Waals surface area (Å²) in [7, 11) is 0. The Labute approximate surface area is 193 Å². The van der Waals surface area contributed by atoms with Gasteiger partial charge in [0.05, 0.1) is 11.4 Å². The molecule has 166 valence electrons. The van der Waals surface area contributed by atoms with Gasteiger partial charge in [0, 0.05) is 19.2 Å². The minimum Gasteiger partial charge on any atom is -0.349 e. The Morgan fingerprint density at radius 2 is 1.64 bits per heavy atom. The van der Waals surface area contributed by atoms with Crippen molar-refractivity contribution >= 4 is 34.9 Å². The first-order chi connectivity index (χ1) is 16.0. The van der Waals surface area contributed by atoms with Crippen LogP contribution in [0.4, 0.5) is 4.79 Å². The summed E-state index contributed by atoms with van der Waals surface area (Å²) in [6.45, 7) is 0.340. The third kappa shape index (κ3) is 5.45. The van der Waals surface area contributed by atoms with E-state index < -0.39 is 11.8 Å². The molecule has 1 aromatic heterocycles. The maximum atomic E-state index is 12.6. The number of aromatic nitrogens is 2. The summed E-state index contributed by atoms with van der Waals surface area (Å²) in [5, 5.41) is 6.41. The number of hydrogen-bond donors (Lipinski definition) is 1. The van der Waals surface area contributed by atoms with Crippen LogP contribution < -0.4 is 10.9 Å². The minimum atomic E-state index is -0.497. The molecular weight excluding hydrogens is 440 g/mol. The van der Waals surface area contributed by atoms with E-state index in [4.69, 9.17) is 0 Å². The highest BCUT2D eigenvalue weighted by atomic mass is 32.2. The Kier molecular flexibility index (Phi) is 6.80. The molecule has 0 unspecified atom stereocenters. The molecule has 0 bridgehead atoms. The molecule has 4 rings (SSSR count). The van der Waals surface area contributed by atoms with E-state index in [-0.39, 0.29) is 36.1 Å². The number of benzene rings is 2. The van der Waals surface area contributed by atoms with Crippen LogP contribution in [-0.4, -0.2) is 44.8 Å². The van der Waals surface area contributed by atoms with Crippen LogP contribution in [0.15, 0.2) is 82.5 Å². The van der Waals surface area contributed by atoms with E-state index in [0.717, 1.165) is 27.8 Å². The summed E-state index contributed by atoms with van der Waals surface area (Å²) >= 11 is 0.872. The van der Waals surface area contributed by atoms with E-state index in [9.17, 15) is 19.2 Å². The van der Waals surface area contributed by atoms with E-state index in [1.807, 2.05) is 60.7 Å². The van der Waals surface area contributed by atoms with Gasteiger partial charge in [-0.2, -0.15) is 5.10 Å². The molecule has 3 aromatic rings. The lowest BCUT2D eigenvalue weighted by atomic mass is 10.2. The number of rotatable bonds is 7. The summed E-state index contributed by atoms with van der Waals surface area (Å²) in [5.74, 6) is -0.888. The largest absolute Gasteiger partial charge is 0.349 e. The van der Waals surface area contributed by atoms with Crippen LogP contribution in [0.3, 0.4) is 0 Å². The third-order valence-corrected chi connectivity index (χ3v) is 5.77. The summed E-state index contributed by atoms with van der Waals surface area (Å²) in [4.78, 5) is 50.9. The zero-order valence-electron chi connectivity index (χ0n) is 17.5. The van der Waals surface area contributed by atoms with Gasteiger partial charge in [-0.15, -0.1) is 0 Å². The van der Waals surface area contributed by atoms with Gasteiger partial charge in [-0.05, 0) is 35.0 Å². The summed E-state index contributed by atoms with van der Waals surface area (Å²) in [6.07, 6.45) is 1.67. The molecule has 8 nitrogen and oxygen atoms in total. The predicted molar refractivity (Wildman–Crippen MR) is 125 cm³/mol. The molecule has 9 heteroatoms. The lowest BCUT2D eigenvalue weighted by Crippen LogP contribution is -2.38. The van der Waals surface area contributed by atoms with Gasteiger partial charge in [-0.3, -0.25) is 24.1 Å². The van der Waals surface area contributed by atoms with E-state index >= 15 is 0 Å². The Morgan fingerprint density at radius 1 is 0.939 bits per heavy atom. The molecule has 3 amide bonds. The molecule has 0 radical (unpaired) electrons. The van der Waals surface area contributed by atoms with Crippen LogP contribution in [0, 0.1) is 0 Å². The van der Waals surface area contributed by atoms with Gasteiger partial charge >= 0.3 is 0 Å². The number of imide groups is 1. The first-order valence-corrected chi connectivity index (χ1v) is 11.0. The molecule has 1 fully saturated rings. The molecule has 0 aliphatic carbocycles. The van der Waals surface area contributed by atoms with Crippen molar-refractivity contribution in [2.45, 2.75) is 6.54 Å². The highest BCUT2D eigenvalue weighted by Crippen LogP contribution is 2.31. The molecule has 0 atom stereocenters. The van der Waals surface area contributed by atoms with Gasteiger partial charge in [-0.1, -0.05) is 60.7 Å². The van der Waals surface area contributed by atoms with Crippen molar-refractivity contribution in [1.82, 2.24) is 20.0 Å². The van der Waals surface area contributed by atoms with Gasteiger partial charge in [-0.25, -0.2) is 4.68 Å². The molecule has 1 aliphatic rings. The van der Waals surface area contributed by atoms with Crippen molar-refractivity contribution in [3.63, 3.8) is 0 Å². The van der Waals surface area contributed by atoms with Crippen LogP contribution in [0.1, 0.15) is 21.6 Å². The second kappa shape index (κ2) is 10.1. The Hall–Kier alpha value is -3.98. The topological polar surface area (TPSA) is 101 Å². The van der Waals surface area contributed by atoms with Crippen molar-refractivity contribution in [3.8, 4) is 0 Å². The zero-order chi connectivity index (χ0) is 23.2. The fourth-order valence-corrected chi connectivity index (χ4v) is 4.07. The molecule has 33 heavy (non-hydrogen) atoms. The van der Waals surface area contributed by atoms with Gasteiger partial charge in [0.2, 0.25) is 0 Å². The van der Waals surface area contributed by atoms with Crippen LogP contribution >= 0.6 is 11.8 Å². The molecule has 2 heterocycles. The standard InChI is InChI=1S/C24H20N4O4S/c29-21-12-11-19(26-28(21)16-18-9-5-2-6-10-18)22(30)25-13-14-27-23(31)20(33-24(27)32)15-17-7-3-1-4-8-17/h1-12,15H,13-14,16H2,(H,25,30). The van der Waals surface area contributed by atoms with Crippen molar-refractivity contribution in [3.05, 3.63) is 105 Å². The van der Waals surface area contributed by atoms with Gasteiger partial charge in [0.1, 0.15) is 5.69 Å². The average molecular weight is 461 g/mol. The fraction of sp³-hybridized carbons (Fsp3) is 0.125.